The number of nitrogens with zero attached hydrogens (tertiary/aromatic N) is 1. The molecule has 0 aromatic carbocycles. The first-order valence-electron chi connectivity index (χ1n) is 7.94. The standard InChI is InChI=1S/C16H32N2O2/c1-6-13-7-9-14(10-8-13)18(4)12-11-16(2,17-3)15(19)20-5/h13-14,17H,6-12H2,1-5H3. The van der Waals surface area contributed by atoms with Crippen LogP contribution in [0.1, 0.15) is 52.4 Å². The molecule has 4 nitrogen and oxygen atoms in total. The highest BCUT2D eigenvalue weighted by atomic mass is 16.5. The lowest BCUT2D eigenvalue weighted by Gasteiger charge is -2.36. The van der Waals surface area contributed by atoms with Crippen molar-refractivity contribution in [3.05, 3.63) is 0 Å². The second-order valence-corrected chi connectivity index (χ2v) is 6.39. The van der Waals surface area contributed by atoms with E-state index in [1.54, 1.807) is 0 Å². The Balaban J connectivity index is 2.42. The molecule has 0 heterocycles. The molecule has 1 fully saturated rings. The average Bonchev–Trinajstić information content (AvgIpc) is 2.51. The predicted octanol–water partition coefficient (Wildman–Crippen LogP) is 2.43. The van der Waals surface area contributed by atoms with Crippen LogP contribution in [0.5, 0.6) is 0 Å². The van der Waals surface area contributed by atoms with Crippen LogP contribution in [0.15, 0.2) is 0 Å². The van der Waals surface area contributed by atoms with Crippen LogP contribution in [0.4, 0.5) is 0 Å². The van der Waals surface area contributed by atoms with E-state index in [-0.39, 0.29) is 5.97 Å². The van der Waals surface area contributed by atoms with Crippen LogP contribution in [0, 0.1) is 5.92 Å². The van der Waals surface area contributed by atoms with Crippen molar-refractivity contribution in [3.63, 3.8) is 0 Å². The number of nitrogens with one attached hydrogen (secondary N) is 1. The molecule has 118 valence electrons. The summed E-state index contributed by atoms with van der Waals surface area (Å²) >= 11 is 0. The van der Waals surface area contributed by atoms with Gasteiger partial charge >= 0.3 is 5.97 Å². The molecule has 0 aromatic rings. The topological polar surface area (TPSA) is 41.6 Å². The number of methoxy groups -OCH3 is 1. The van der Waals surface area contributed by atoms with Gasteiger partial charge in [0.25, 0.3) is 0 Å². The van der Waals surface area contributed by atoms with E-state index in [1.807, 2.05) is 14.0 Å². The number of ether oxygens (including phenoxy) is 1. The quantitative estimate of drug-likeness (QED) is 0.729. The van der Waals surface area contributed by atoms with Crippen LogP contribution in [0.2, 0.25) is 0 Å². The molecule has 0 bridgehead atoms. The Morgan fingerprint density at radius 3 is 2.40 bits per heavy atom. The van der Waals surface area contributed by atoms with Crippen molar-refractivity contribution >= 4 is 5.97 Å². The van der Waals surface area contributed by atoms with E-state index in [1.165, 1.54) is 39.2 Å². The summed E-state index contributed by atoms with van der Waals surface area (Å²) in [6.45, 7) is 5.14. The molecule has 1 unspecified atom stereocenters. The summed E-state index contributed by atoms with van der Waals surface area (Å²) in [7, 11) is 5.46. The van der Waals surface area contributed by atoms with Crippen molar-refractivity contribution < 1.29 is 9.53 Å². The van der Waals surface area contributed by atoms with Gasteiger partial charge in [-0.2, -0.15) is 0 Å². The van der Waals surface area contributed by atoms with Crippen molar-refractivity contribution in [1.82, 2.24) is 10.2 Å². The number of carbonyl (C=O) groups excluding carboxylic acids is 1. The van der Waals surface area contributed by atoms with Crippen molar-refractivity contribution in [3.8, 4) is 0 Å². The summed E-state index contributed by atoms with van der Waals surface area (Å²) in [6, 6.07) is 0.677. The maximum absolute atomic E-state index is 11.8. The van der Waals surface area contributed by atoms with Crippen LogP contribution in [0.25, 0.3) is 0 Å². The Morgan fingerprint density at radius 1 is 1.35 bits per heavy atom. The lowest BCUT2D eigenvalue weighted by molar-refractivity contribution is -0.148. The Morgan fingerprint density at radius 2 is 1.95 bits per heavy atom. The highest BCUT2D eigenvalue weighted by molar-refractivity contribution is 5.80. The molecular weight excluding hydrogens is 252 g/mol. The van der Waals surface area contributed by atoms with E-state index < -0.39 is 5.54 Å². The first-order valence-corrected chi connectivity index (χ1v) is 7.94. The first kappa shape index (κ1) is 17.4. The number of hydrogen-bond donors (Lipinski definition) is 1. The Bertz CT molecular complexity index is 301. The van der Waals surface area contributed by atoms with Crippen molar-refractivity contribution in [2.45, 2.75) is 64.0 Å². The summed E-state index contributed by atoms with van der Waals surface area (Å²) in [5, 5.41) is 3.10. The number of hydrogen-bond acceptors (Lipinski definition) is 4. The molecule has 1 atom stereocenters. The minimum atomic E-state index is -0.580. The Kier molecular flexibility index (Phi) is 6.96. The zero-order chi connectivity index (χ0) is 15.2. The molecule has 4 heteroatoms. The van der Waals surface area contributed by atoms with Crippen LogP contribution in [0.3, 0.4) is 0 Å². The summed E-state index contributed by atoms with van der Waals surface area (Å²) in [5.74, 6) is 0.750. The lowest BCUT2D eigenvalue weighted by Crippen LogP contribution is -2.51. The van der Waals surface area contributed by atoms with Gasteiger partial charge in [0.2, 0.25) is 0 Å². The van der Waals surface area contributed by atoms with E-state index in [2.05, 4.69) is 24.2 Å². The molecule has 0 amide bonds. The van der Waals surface area contributed by atoms with Gasteiger partial charge in [-0.05, 0) is 59.0 Å². The Labute approximate surface area is 124 Å². The largest absolute Gasteiger partial charge is 0.468 e. The number of carbonyl (C=O) groups is 1. The second-order valence-electron chi connectivity index (χ2n) is 6.39. The van der Waals surface area contributed by atoms with Crippen molar-refractivity contribution in [1.29, 1.82) is 0 Å². The molecule has 1 N–H and O–H groups in total. The zero-order valence-electron chi connectivity index (χ0n) is 13.9. The number of likely N-dealkylation sites (N-methyl/N-ethyl adjacent to an activating group) is 1. The maximum atomic E-state index is 11.8. The average molecular weight is 284 g/mol. The van der Waals surface area contributed by atoms with Gasteiger partial charge < -0.3 is 15.0 Å². The van der Waals surface area contributed by atoms with Gasteiger partial charge in [-0.3, -0.25) is 4.79 Å². The van der Waals surface area contributed by atoms with Gasteiger partial charge in [0.05, 0.1) is 7.11 Å². The zero-order valence-corrected chi connectivity index (χ0v) is 13.9. The fraction of sp³-hybridized carbons (Fsp3) is 0.938. The number of rotatable bonds is 7. The van der Waals surface area contributed by atoms with Gasteiger partial charge in [-0.1, -0.05) is 13.3 Å². The predicted molar refractivity (Wildman–Crippen MR) is 82.8 cm³/mol. The lowest BCUT2D eigenvalue weighted by atomic mass is 9.84. The van der Waals surface area contributed by atoms with Gasteiger partial charge in [-0.25, -0.2) is 0 Å². The molecule has 1 aliphatic rings. The molecule has 1 rings (SSSR count). The van der Waals surface area contributed by atoms with Crippen LogP contribution >= 0.6 is 0 Å². The fourth-order valence-corrected chi connectivity index (χ4v) is 3.13. The van der Waals surface area contributed by atoms with Gasteiger partial charge in [0.1, 0.15) is 5.54 Å². The number of esters is 1. The highest BCUT2D eigenvalue weighted by Gasteiger charge is 2.33. The Hall–Kier alpha value is -0.610. The molecule has 0 saturated heterocycles. The molecule has 0 aromatic heterocycles. The van der Waals surface area contributed by atoms with Gasteiger partial charge in [0, 0.05) is 12.6 Å². The minimum Gasteiger partial charge on any atom is -0.468 e. The monoisotopic (exact) mass is 284 g/mol. The smallest absolute Gasteiger partial charge is 0.325 e. The summed E-state index contributed by atoms with van der Waals surface area (Å²) in [4.78, 5) is 14.3. The fourth-order valence-electron chi connectivity index (χ4n) is 3.13. The SMILES string of the molecule is CCC1CCC(N(C)CCC(C)(NC)C(=O)OC)CC1. The van der Waals surface area contributed by atoms with E-state index in [0.717, 1.165) is 18.9 Å². The molecule has 1 saturated carbocycles. The second kappa shape index (κ2) is 7.99. The molecule has 1 aliphatic carbocycles. The molecular formula is C16H32N2O2. The molecule has 0 aliphatic heterocycles. The van der Waals surface area contributed by atoms with Crippen LogP contribution in [-0.4, -0.2) is 50.2 Å². The van der Waals surface area contributed by atoms with Crippen molar-refractivity contribution in [2.24, 2.45) is 5.92 Å². The highest BCUT2D eigenvalue weighted by Crippen LogP contribution is 2.29. The molecule has 0 radical (unpaired) electrons. The van der Waals surface area contributed by atoms with Gasteiger partial charge in [-0.15, -0.1) is 0 Å². The summed E-state index contributed by atoms with van der Waals surface area (Å²) in [6.07, 6.45) is 7.39. The van der Waals surface area contributed by atoms with E-state index in [9.17, 15) is 4.79 Å². The minimum absolute atomic E-state index is 0.178. The van der Waals surface area contributed by atoms with E-state index in [4.69, 9.17) is 4.74 Å². The molecule has 0 spiro atoms. The van der Waals surface area contributed by atoms with Crippen molar-refractivity contribution in [2.75, 3.05) is 27.7 Å². The van der Waals surface area contributed by atoms with Gasteiger partial charge in [0.15, 0.2) is 0 Å². The van der Waals surface area contributed by atoms with E-state index >= 15 is 0 Å². The normalized spacial score (nSPS) is 26.3. The first-order chi connectivity index (χ1) is 9.46. The van der Waals surface area contributed by atoms with Crippen LogP contribution in [-0.2, 0) is 9.53 Å². The van der Waals surface area contributed by atoms with E-state index in [0.29, 0.717) is 6.04 Å². The summed E-state index contributed by atoms with van der Waals surface area (Å²) < 4.78 is 4.89. The maximum Gasteiger partial charge on any atom is 0.325 e. The third-order valence-corrected chi connectivity index (χ3v) is 5.17. The molecule has 20 heavy (non-hydrogen) atoms. The third-order valence-electron chi connectivity index (χ3n) is 5.17. The summed E-state index contributed by atoms with van der Waals surface area (Å²) in [5.41, 5.74) is -0.580. The van der Waals surface area contributed by atoms with Crippen LogP contribution < -0.4 is 5.32 Å². The third kappa shape index (κ3) is 4.45.